The van der Waals surface area contributed by atoms with Crippen molar-refractivity contribution < 1.29 is 29.3 Å². The van der Waals surface area contributed by atoms with E-state index in [-0.39, 0.29) is 31.4 Å². The van der Waals surface area contributed by atoms with Crippen molar-refractivity contribution in [3.63, 3.8) is 0 Å². The van der Waals surface area contributed by atoms with Crippen LogP contribution in [0.2, 0.25) is 0 Å². The molecule has 1 aromatic carbocycles. The van der Waals surface area contributed by atoms with E-state index in [4.69, 9.17) is 14.6 Å². The SMILES string of the molecule is CCCC(=O)N(CCN1CCOCC1)C1CC(C(=O)NCCO)=CC(Oc2ccccc2I)C1O. The van der Waals surface area contributed by atoms with Gasteiger partial charge in [-0.3, -0.25) is 14.5 Å². The van der Waals surface area contributed by atoms with Crippen LogP contribution in [0.15, 0.2) is 35.9 Å². The number of para-hydroxylation sites is 1. The number of hydrogen-bond donors (Lipinski definition) is 3. The average Bonchev–Trinajstić information content (AvgIpc) is 2.86. The Labute approximate surface area is 220 Å². The van der Waals surface area contributed by atoms with Gasteiger partial charge < -0.3 is 29.9 Å². The summed E-state index contributed by atoms with van der Waals surface area (Å²) >= 11 is 2.16. The van der Waals surface area contributed by atoms with Gasteiger partial charge >= 0.3 is 0 Å². The molecule has 35 heavy (non-hydrogen) atoms. The molecule has 1 aliphatic heterocycles. The Morgan fingerprint density at radius 1 is 1.29 bits per heavy atom. The molecule has 9 nitrogen and oxygen atoms in total. The number of aliphatic hydroxyl groups excluding tert-OH is 2. The molecule has 1 saturated heterocycles. The van der Waals surface area contributed by atoms with Crippen LogP contribution in [0.25, 0.3) is 0 Å². The van der Waals surface area contributed by atoms with Gasteiger partial charge in [0.1, 0.15) is 18.0 Å². The number of benzene rings is 1. The molecule has 0 aromatic heterocycles. The highest BCUT2D eigenvalue weighted by Crippen LogP contribution is 2.30. The zero-order chi connectivity index (χ0) is 25.2. The molecule has 0 radical (unpaired) electrons. The van der Waals surface area contributed by atoms with Crippen molar-refractivity contribution in [1.29, 1.82) is 0 Å². The minimum Gasteiger partial charge on any atom is -0.482 e. The molecule has 1 aromatic rings. The van der Waals surface area contributed by atoms with E-state index in [2.05, 4.69) is 32.8 Å². The first-order chi connectivity index (χ1) is 16.9. The number of amides is 2. The van der Waals surface area contributed by atoms with Gasteiger partial charge in [0.2, 0.25) is 11.8 Å². The summed E-state index contributed by atoms with van der Waals surface area (Å²) in [7, 11) is 0. The van der Waals surface area contributed by atoms with E-state index in [1.807, 2.05) is 31.2 Å². The Kier molecular flexibility index (Phi) is 11.2. The Hall–Kier alpha value is -1.73. The lowest BCUT2D eigenvalue weighted by Crippen LogP contribution is -2.56. The average molecular weight is 601 g/mol. The van der Waals surface area contributed by atoms with E-state index in [9.17, 15) is 14.7 Å². The zero-order valence-corrected chi connectivity index (χ0v) is 22.4. The molecular formula is C25H36IN3O6. The highest BCUT2D eigenvalue weighted by molar-refractivity contribution is 14.1. The minimum absolute atomic E-state index is 0.0464. The minimum atomic E-state index is -1.01. The van der Waals surface area contributed by atoms with Crippen LogP contribution in [0.5, 0.6) is 5.75 Å². The third kappa shape index (κ3) is 7.88. The molecule has 3 atom stereocenters. The second-order valence-electron chi connectivity index (χ2n) is 8.74. The van der Waals surface area contributed by atoms with E-state index >= 15 is 0 Å². The van der Waals surface area contributed by atoms with Gasteiger partial charge in [0.25, 0.3) is 0 Å². The van der Waals surface area contributed by atoms with E-state index in [1.165, 1.54) is 0 Å². The molecule has 1 aliphatic carbocycles. The monoisotopic (exact) mass is 601 g/mol. The highest BCUT2D eigenvalue weighted by Gasteiger charge is 2.40. The second-order valence-corrected chi connectivity index (χ2v) is 9.90. The lowest BCUT2D eigenvalue weighted by molar-refractivity contribution is -0.139. The fourth-order valence-electron chi connectivity index (χ4n) is 4.37. The molecule has 3 N–H and O–H groups in total. The standard InChI is InChI=1S/C25H36IN3O6/c1-2-5-23(31)29(10-9-28-11-14-34-15-12-28)20-16-18(25(33)27-8-13-30)17-22(24(20)32)35-21-7-4-3-6-19(21)26/h3-4,6-7,17,20,22,24,30,32H,2,5,8-16H2,1H3,(H,27,33). The highest BCUT2D eigenvalue weighted by atomic mass is 127. The summed E-state index contributed by atoms with van der Waals surface area (Å²) in [5.41, 5.74) is 0.436. The van der Waals surface area contributed by atoms with Crippen molar-refractivity contribution in [2.75, 3.05) is 52.5 Å². The molecule has 3 rings (SSSR count). The maximum atomic E-state index is 13.2. The lowest BCUT2D eigenvalue weighted by Gasteiger charge is -2.41. The van der Waals surface area contributed by atoms with Crippen molar-refractivity contribution in [3.05, 3.63) is 39.5 Å². The summed E-state index contributed by atoms with van der Waals surface area (Å²) < 4.78 is 12.5. The quantitative estimate of drug-likeness (QED) is 0.327. The number of morpholine rings is 1. The number of carbonyl (C=O) groups is 2. The number of rotatable bonds is 11. The van der Waals surface area contributed by atoms with E-state index in [1.54, 1.807) is 11.0 Å². The van der Waals surface area contributed by atoms with Gasteiger partial charge in [0.15, 0.2) is 0 Å². The van der Waals surface area contributed by atoms with Gasteiger partial charge in [0, 0.05) is 51.1 Å². The van der Waals surface area contributed by atoms with Crippen LogP contribution < -0.4 is 10.1 Å². The first kappa shape index (κ1) is 27.9. The molecular weight excluding hydrogens is 565 g/mol. The fourth-order valence-corrected chi connectivity index (χ4v) is 4.89. The first-order valence-corrected chi connectivity index (χ1v) is 13.3. The molecule has 0 saturated carbocycles. The summed E-state index contributed by atoms with van der Waals surface area (Å²) in [6.45, 7) is 5.95. The van der Waals surface area contributed by atoms with Crippen LogP contribution in [-0.2, 0) is 14.3 Å². The summed E-state index contributed by atoms with van der Waals surface area (Å²) in [6.07, 6.45) is 1.09. The second kappa shape index (κ2) is 14.1. The van der Waals surface area contributed by atoms with Crippen molar-refractivity contribution in [2.45, 2.75) is 44.4 Å². The third-order valence-electron chi connectivity index (χ3n) is 6.26. The van der Waals surface area contributed by atoms with E-state index in [0.29, 0.717) is 50.5 Å². The number of aliphatic hydroxyl groups is 2. The summed E-state index contributed by atoms with van der Waals surface area (Å²) in [5.74, 6) is 0.224. The lowest BCUT2D eigenvalue weighted by atomic mass is 9.88. The van der Waals surface area contributed by atoms with Crippen LogP contribution in [0.1, 0.15) is 26.2 Å². The predicted molar refractivity (Wildman–Crippen MR) is 140 cm³/mol. The van der Waals surface area contributed by atoms with Gasteiger partial charge in [-0.2, -0.15) is 0 Å². The van der Waals surface area contributed by atoms with Crippen molar-refractivity contribution in [3.8, 4) is 5.75 Å². The molecule has 0 bridgehead atoms. The van der Waals surface area contributed by atoms with Crippen LogP contribution in [0, 0.1) is 3.57 Å². The van der Waals surface area contributed by atoms with Crippen molar-refractivity contribution >= 4 is 34.4 Å². The Balaban J connectivity index is 1.86. The van der Waals surface area contributed by atoms with Crippen LogP contribution in [0.3, 0.4) is 0 Å². The summed E-state index contributed by atoms with van der Waals surface area (Å²) in [6, 6.07) is 6.86. The van der Waals surface area contributed by atoms with Crippen LogP contribution >= 0.6 is 22.6 Å². The topological polar surface area (TPSA) is 112 Å². The smallest absolute Gasteiger partial charge is 0.247 e. The maximum Gasteiger partial charge on any atom is 0.247 e. The molecule has 3 unspecified atom stereocenters. The molecule has 2 amide bonds. The van der Waals surface area contributed by atoms with Gasteiger partial charge in [0.05, 0.1) is 29.4 Å². The molecule has 2 aliphatic rings. The molecule has 194 valence electrons. The van der Waals surface area contributed by atoms with E-state index < -0.39 is 18.2 Å². The molecule has 10 heteroatoms. The number of hydrogen-bond acceptors (Lipinski definition) is 7. The number of nitrogens with zero attached hydrogens (tertiary/aromatic N) is 2. The van der Waals surface area contributed by atoms with Gasteiger partial charge in [-0.15, -0.1) is 0 Å². The Morgan fingerprint density at radius 3 is 2.71 bits per heavy atom. The summed E-state index contributed by atoms with van der Waals surface area (Å²) in [4.78, 5) is 30.0. The molecule has 0 spiro atoms. The first-order valence-electron chi connectivity index (χ1n) is 12.2. The van der Waals surface area contributed by atoms with Crippen LogP contribution in [-0.4, -0.2) is 103 Å². The van der Waals surface area contributed by atoms with Gasteiger partial charge in [-0.25, -0.2) is 0 Å². The zero-order valence-electron chi connectivity index (χ0n) is 20.2. The van der Waals surface area contributed by atoms with Crippen LogP contribution in [0.4, 0.5) is 0 Å². The fraction of sp³-hybridized carbons (Fsp3) is 0.600. The largest absolute Gasteiger partial charge is 0.482 e. The van der Waals surface area contributed by atoms with Crippen molar-refractivity contribution in [2.24, 2.45) is 0 Å². The number of halogens is 1. The molecule has 1 heterocycles. The summed E-state index contributed by atoms with van der Waals surface area (Å²) in [5, 5.41) is 23.2. The Morgan fingerprint density at radius 2 is 2.03 bits per heavy atom. The number of carbonyl (C=O) groups excluding carboxylic acids is 2. The van der Waals surface area contributed by atoms with Crippen molar-refractivity contribution in [1.82, 2.24) is 15.1 Å². The Bertz CT molecular complexity index is 877. The van der Waals surface area contributed by atoms with E-state index in [0.717, 1.165) is 16.7 Å². The maximum absolute atomic E-state index is 13.2. The number of nitrogens with one attached hydrogen (secondary N) is 1. The van der Waals surface area contributed by atoms with Gasteiger partial charge in [-0.05, 0) is 47.2 Å². The van der Waals surface area contributed by atoms with Gasteiger partial charge in [-0.1, -0.05) is 19.1 Å². The normalized spacial score (nSPS) is 22.9. The number of ether oxygens (including phenoxy) is 2. The molecule has 1 fully saturated rings. The predicted octanol–water partition coefficient (Wildman–Crippen LogP) is 1.17. The third-order valence-corrected chi connectivity index (χ3v) is 7.15.